The maximum absolute atomic E-state index is 13.7. The molecule has 43 heavy (non-hydrogen) atoms. The Balaban J connectivity index is 1.63. The van der Waals surface area contributed by atoms with Gasteiger partial charge in [-0.1, -0.05) is 56.3 Å². The fraction of sp³-hybridized carbons (Fsp3) is 0.452. The largest absolute Gasteiger partial charge is 0.508 e. The minimum absolute atomic E-state index is 0.0974. The normalized spacial score (nSPS) is 17.2. The lowest BCUT2D eigenvalue weighted by atomic mass is 9.96. The van der Waals surface area contributed by atoms with Crippen molar-refractivity contribution < 1.29 is 29.1 Å². The van der Waals surface area contributed by atoms with Crippen LogP contribution in [0.25, 0.3) is 0 Å². The highest BCUT2D eigenvalue weighted by Crippen LogP contribution is 2.22. The molecule has 0 aliphatic carbocycles. The van der Waals surface area contributed by atoms with E-state index < -0.39 is 47.8 Å². The van der Waals surface area contributed by atoms with Gasteiger partial charge in [0.2, 0.25) is 29.5 Å². The molecule has 2 aromatic carbocycles. The van der Waals surface area contributed by atoms with Crippen LogP contribution in [-0.2, 0) is 36.8 Å². The molecule has 0 radical (unpaired) electrons. The molecule has 0 unspecified atom stereocenters. The summed E-state index contributed by atoms with van der Waals surface area (Å²) in [5, 5.41) is 14.5. The molecule has 0 saturated carbocycles. The monoisotopic (exact) mass is 594 g/mol. The molecule has 12 heteroatoms. The Kier molecular flexibility index (Phi) is 11.6. The average molecular weight is 595 g/mol. The third-order valence-electron chi connectivity index (χ3n) is 7.41. The third-order valence-corrected chi connectivity index (χ3v) is 7.41. The van der Waals surface area contributed by atoms with Crippen molar-refractivity contribution in [1.82, 2.24) is 20.4 Å². The van der Waals surface area contributed by atoms with Gasteiger partial charge in [-0.05, 0) is 48.9 Å². The van der Waals surface area contributed by atoms with Crippen molar-refractivity contribution in [2.75, 3.05) is 19.6 Å². The van der Waals surface area contributed by atoms with Gasteiger partial charge in [0, 0.05) is 19.5 Å². The van der Waals surface area contributed by atoms with Gasteiger partial charge in [0.25, 0.3) is 0 Å². The number of hydrogen-bond acceptors (Lipinski definition) is 7. The SMILES string of the molecule is CC(C)C[C@@H](C(N)=O)N1CCN(C(=O)CNC(=O)[C@@H](C)NC(=O)[C@@H](N)Cc2ccc(O)cc2)[C@H](Cc2ccccc2)C1=O. The molecule has 3 rings (SSSR count). The van der Waals surface area contributed by atoms with E-state index >= 15 is 0 Å². The fourth-order valence-corrected chi connectivity index (χ4v) is 5.07. The number of carbonyl (C=O) groups is 5. The van der Waals surface area contributed by atoms with E-state index in [2.05, 4.69) is 10.6 Å². The molecule has 1 saturated heterocycles. The Morgan fingerprint density at radius 2 is 1.60 bits per heavy atom. The van der Waals surface area contributed by atoms with Crippen molar-refractivity contribution in [2.45, 2.75) is 64.2 Å². The zero-order valence-corrected chi connectivity index (χ0v) is 24.9. The number of nitrogens with zero attached hydrogens (tertiary/aromatic N) is 2. The molecule has 1 aliphatic heterocycles. The quantitative estimate of drug-likeness (QED) is 0.217. The number of phenols is 1. The van der Waals surface area contributed by atoms with Crippen molar-refractivity contribution in [3.8, 4) is 5.75 Å². The number of nitrogens with two attached hydrogens (primary N) is 2. The smallest absolute Gasteiger partial charge is 0.246 e. The first-order valence-corrected chi connectivity index (χ1v) is 14.4. The van der Waals surface area contributed by atoms with Gasteiger partial charge >= 0.3 is 0 Å². The van der Waals surface area contributed by atoms with Crippen molar-refractivity contribution in [2.24, 2.45) is 17.4 Å². The van der Waals surface area contributed by atoms with E-state index in [0.717, 1.165) is 11.1 Å². The van der Waals surface area contributed by atoms with Crippen LogP contribution >= 0.6 is 0 Å². The second-order valence-corrected chi connectivity index (χ2v) is 11.3. The summed E-state index contributed by atoms with van der Waals surface area (Å²) in [6.07, 6.45) is 0.843. The zero-order valence-electron chi connectivity index (χ0n) is 24.9. The van der Waals surface area contributed by atoms with Crippen LogP contribution in [0.4, 0.5) is 0 Å². The zero-order chi connectivity index (χ0) is 31.7. The summed E-state index contributed by atoms with van der Waals surface area (Å²) in [5.41, 5.74) is 13.2. The Labute approximate surface area is 251 Å². The van der Waals surface area contributed by atoms with Gasteiger partial charge in [-0.25, -0.2) is 0 Å². The van der Waals surface area contributed by atoms with Gasteiger partial charge in [-0.3, -0.25) is 24.0 Å². The van der Waals surface area contributed by atoms with Gasteiger partial charge in [0.1, 0.15) is 23.9 Å². The Morgan fingerprint density at radius 3 is 2.21 bits per heavy atom. The van der Waals surface area contributed by atoms with Crippen LogP contribution in [0.1, 0.15) is 38.3 Å². The highest BCUT2D eigenvalue weighted by Gasteiger charge is 2.41. The summed E-state index contributed by atoms with van der Waals surface area (Å²) in [4.78, 5) is 67.5. The Bertz CT molecular complexity index is 1290. The van der Waals surface area contributed by atoms with Crippen LogP contribution in [0.5, 0.6) is 5.75 Å². The van der Waals surface area contributed by atoms with E-state index in [1.54, 1.807) is 12.1 Å². The molecule has 1 heterocycles. The maximum Gasteiger partial charge on any atom is 0.246 e. The van der Waals surface area contributed by atoms with E-state index in [9.17, 15) is 29.1 Å². The predicted octanol–water partition coefficient (Wildman–Crippen LogP) is 0.0650. The van der Waals surface area contributed by atoms with Gasteiger partial charge < -0.3 is 37.0 Å². The maximum atomic E-state index is 13.7. The standard InChI is InChI=1S/C31H42N6O6/c1-19(2)15-25(28(33)40)37-14-13-36(26(31(37)43)17-21-7-5-4-6-8-21)27(39)18-34-29(41)20(3)35-30(42)24(32)16-22-9-11-23(38)12-10-22/h4-12,19-20,24-26,38H,13-18,32H2,1-3H3,(H2,33,40)(H,34,41)(H,35,42)/t20-,24+,25+,26-/m1/s1. The Morgan fingerprint density at radius 1 is 0.953 bits per heavy atom. The lowest BCUT2D eigenvalue weighted by Gasteiger charge is -2.43. The molecule has 1 aliphatic rings. The molecular weight excluding hydrogens is 552 g/mol. The van der Waals surface area contributed by atoms with Crippen molar-refractivity contribution in [3.05, 3.63) is 65.7 Å². The number of primary amides is 1. The summed E-state index contributed by atoms with van der Waals surface area (Å²) in [6, 6.07) is 11.9. The first-order chi connectivity index (χ1) is 20.4. The molecule has 0 aromatic heterocycles. The number of nitrogens with one attached hydrogen (secondary N) is 2. The van der Waals surface area contributed by atoms with E-state index in [1.807, 2.05) is 44.2 Å². The number of carbonyl (C=O) groups excluding carboxylic acids is 5. The fourth-order valence-electron chi connectivity index (χ4n) is 5.07. The minimum Gasteiger partial charge on any atom is -0.508 e. The summed E-state index contributed by atoms with van der Waals surface area (Å²) in [7, 11) is 0. The first kappa shape index (κ1) is 33.1. The van der Waals surface area contributed by atoms with E-state index in [0.29, 0.717) is 6.42 Å². The molecule has 7 N–H and O–H groups in total. The molecule has 2 aromatic rings. The number of benzene rings is 2. The topological polar surface area (TPSA) is 188 Å². The lowest BCUT2D eigenvalue weighted by Crippen LogP contribution is -2.64. The van der Waals surface area contributed by atoms with Crippen molar-refractivity contribution in [3.63, 3.8) is 0 Å². The van der Waals surface area contributed by atoms with Crippen LogP contribution in [0, 0.1) is 5.92 Å². The molecule has 232 valence electrons. The molecule has 12 nitrogen and oxygen atoms in total. The molecule has 0 spiro atoms. The highest BCUT2D eigenvalue weighted by molar-refractivity contribution is 5.95. The number of rotatable bonds is 13. The second-order valence-electron chi connectivity index (χ2n) is 11.3. The van der Waals surface area contributed by atoms with Crippen LogP contribution in [-0.4, -0.2) is 88.2 Å². The van der Waals surface area contributed by atoms with Crippen molar-refractivity contribution >= 4 is 29.5 Å². The van der Waals surface area contributed by atoms with Crippen LogP contribution in [0.3, 0.4) is 0 Å². The number of aromatic hydroxyl groups is 1. The lowest BCUT2D eigenvalue weighted by molar-refractivity contribution is -0.155. The van der Waals surface area contributed by atoms with Gasteiger partial charge in [-0.2, -0.15) is 0 Å². The number of piperazine rings is 1. The van der Waals surface area contributed by atoms with E-state index in [4.69, 9.17) is 11.5 Å². The van der Waals surface area contributed by atoms with E-state index in [-0.39, 0.29) is 50.1 Å². The summed E-state index contributed by atoms with van der Waals surface area (Å²) < 4.78 is 0. The average Bonchev–Trinajstić information content (AvgIpc) is 2.97. The molecular formula is C31H42N6O6. The van der Waals surface area contributed by atoms with Crippen LogP contribution in [0.15, 0.2) is 54.6 Å². The number of phenolic OH excluding ortho intramolecular Hbond substituents is 1. The Hall–Kier alpha value is -4.45. The predicted molar refractivity (Wildman–Crippen MR) is 160 cm³/mol. The van der Waals surface area contributed by atoms with Gasteiger partial charge in [-0.15, -0.1) is 0 Å². The molecule has 0 bridgehead atoms. The third kappa shape index (κ3) is 9.27. The summed E-state index contributed by atoms with van der Waals surface area (Å²) in [6.45, 7) is 5.27. The number of hydrogen-bond donors (Lipinski definition) is 5. The second kappa shape index (κ2) is 15.1. The van der Waals surface area contributed by atoms with Crippen LogP contribution in [0.2, 0.25) is 0 Å². The molecule has 4 atom stereocenters. The minimum atomic E-state index is -0.975. The van der Waals surface area contributed by atoms with Crippen LogP contribution < -0.4 is 22.1 Å². The molecule has 5 amide bonds. The van der Waals surface area contributed by atoms with Gasteiger partial charge in [0.05, 0.1) is 12.6 Å². The molecule has 1 fully saturated rings. The van der Waals surface area contributed by atoms with E-state index in [1.165, 1.54) is 28.9 Å². The van der Waals surface area contributed by atoms with Crippen molar-refractivity contribution in [1.29, 1.82) is 0 Å². The summed E-state index contributed by atoms with van der Waals surface area (Å²) in [5.74, 6) is -2.35. The highest BCUT2D eigenvalue weighted by atomic mass is 16.3. The van der Waals surface area contributed by atoms with Gasteiger partial charge in [0.15, 0.2) is 0 Å². The number of amides is 5. The first-order valence-electron chi connectivity index (χ1n) is 14.4. The summed E-state index contributed by atoms with van der Waals surface area (Å²) >= 11 is 0.